The molecule has 2 heterocycles. The van der Waals surface area contributed by atoms with Crippen molar-refractivity contribution >= 4 is 28.3 Å². The Kier molecular flexibility index (Phi) is 5.25. The summed E-state index contributed by atoms with van der Waals surface area (Å²) in [5.41, 5.74) is 2.71. The highest BCUT2D eigenvalue weighted by Crippen LogP contribution is 2.21. The Morgan fingerprint density at radius 1 is 1.14 bits per heavy atom. The van der Waals surface area contributed by atoms with Crippen molar-refractivity contribution in [1.29, 1.82) is 0 Å². The van der Waals surface area contributed by atoms with Gasteiger partial charge in [-0.3, -0.25) is 4.79 Å². The first kappa shape index (κ1) is 18.1. The Bertz CT molecular complexity index is 1120. The molecule has 28 heavy (non-hydrogen) atoms. The van der Waals surface area contributed by atoms with Crippen LogP contribution in [0.1, 0.15) is 11.3 Å². The highest BCUT2D eigenvalue weighted by Gasteiger charge is 2.11. The summed E-state index contributed by atoms with van der Waals surface area (Å²) in [6, 6.07) is 15.8. The Morgan fingerprint density at radius 3 is 2.71 bits per heavy atom. The minimum atomic E-state index is -0.289. The summed E-state index contributed by atoms with van der Waals surface area (Å²) in [6.45, 7) is 0.496. The van der Waals surface area contributed by atoms with Gasteiger partial charge < -0.3 is 5.32 Å². The van der Waals surface area contributed by atoms with Gasteiger partial charge in [-0.05, 0) is 35.9 Å². The van der Waals surface area contributed by atoms with Gasteiger partial charge in [0.2, 0.25) is 10.9 Å². The van der Waals surface area contributed by atoms with Gasteiger partial charge in [-0.1, -0.05) is 30.3 Å². The molecule has 2 aromatic heterocycles. The highest BCUT2D eigenvalue weighted by molar-refractivity contribution is 7.15. The molecule has 1 amide bonds. The summed E-state index contributed by atoms with van der Waals surface area (Å²) < 4.78 is 14.9. The number of nitrogens with one attached hydrogen (secondary N) is 1. The van der Waals surface area contributed by atoms with Crippen LogP contribution in [-0.2, 0) is 11.2 Å². The number of hydrogen-bond donors (Lipinski definition) is 1. The molecule has 140 valence electrons. The number of halogens is 1. The number of aromatic nitrogens is 3. The van der Waals surface area contributed by atoms with E-state index in [9.17, 15) is 9.18 Å². The van der Waals surface area contributed by atoms with E-state index < -0.39 is 0 Å². The maximum absolute atomic E-state index is 13.1. The van der Waals surface area contributed by atoms with Gasteiger partial charge in [0, 0.05) is 30.0 Å². The zero-order valence-electron chi connectivity index (χ0n) is 14.9. The lowest BCUT2D eigenvalue weighted by molar-refractivity contribution is -0.116. The van der Waals surface area contributed by atoms with Crippen molar-refractivity contribution in [2.75, 3.05) is 6.54 Å². The Morgan fingerprint density at radius 2 is 1.93 bits per heavy atom. The third kappa shape index (κ3) is 4.15. The molecule has 0 bridgehead atoms. The minimum Gasteiger partial charge on any atom is -0.352 e. The zero-order valence-corrected chi connectivity index (χ0v) is 15.7. The van der Waals surface area contributed by atoms with Crippen LogP contribution in [0, 0.1) is 5.82 Å². The molecule has 0 unspecified atom stereocenters. The van der Waals surface area contributed by atoms with E-state index in [0.717, 1.165) is 21.8 Å². The first-order valence-electron chi connectivity index (χ1n) is 8.79. The van der Waals surface area contributed by atoms with Crippen molar-refractivity contribution in [2.45, 2.75) is 6.42 Å². The number of thiazole rings is 1. The van der Waals surface area contributed by atoms with Crippen LogP contribution >= 0.6 is 11.3 Å². The second kappa shape index (κ2) is 8.14. The number of rotatable bonds is 6. The van der Waals surface area contributed by atoms with E-state index in [-0.39, 0.29) is 11.7 Å². The van der Waals surface area contributed by atoms with E-state index in [1.165, 1.54) is 29.5 Å². The summed E-state index contributed by atoms with van der Waals surface area (Å²) in [6.07, 6.45) is 3.95. The molecule has 5 nitrogen and oxygen atoms in total. The molecule has 2 aromatic carbocycles. The number of hydrogen-bond acceptors (Lipinski definition) is 4. The molecule has 0 aliphatic heterocycles. The van der Waals surface area contributed by atoms with Crippen molar-refractivity contribution < 1.29 is 9.18 Å². The SMILES string of the molecule is O=C(C=Cc1ccccc1)NCCc1csc2nc(-c3ccc(F)cc3)nn12. The van der Waals surface area contributed by atoms with Gasteiger partial charge in [0.05, 0.1) is 5.69 Å². The molecule has 7 heteroatoms. The Balaban J connectivity index is 1.38. The fourth-order valence-electron chi connectivity index (χ4n) is 2.73. The number of carbonyl (C=O) groups is 1. The van der Waals surface area contributed by atoms with E-state index in [4.69, 9.17) is 0 Å². The molecular weight excluding hydrogens is 375 g/mol. The van der Waals surface area contributed by atoms with Crippen LogP contribution in [0.2, 0.25) is 0 Å². The molecule has 0 radical (unpaired) electrons. The van der Waals surface area contributed by atoms with Gasteiger partial charge in [-0.2, -0.15) is 4.98 Å². The lowest BCUT2D eigenvalue weighted by Gasteiger charge is -2.01. The quantitative estimate of drug-likeness (QED) is 0.505. The standard InChI is InChI=1S/C21H17FN4OS/c22-17-9-7-16(8-10-17)20-24-21-26(25-20)18(14-28-21)12-13-23-19(27)11-6-15-4-2-1-3-5-15/h1-11,14H,12-13H2,(H,23,27). The van der Waals surface area contributed by atoms with Crippen LogP contribution < -0.4 is 5.32 Å². The predicted molar refractivity (Wildman–Crippen MR) is 108 cm³/mol. The molecule has 4 aromatic rings. The number of fused-ring (bicyclic) bond motifs is 1. The summed E-state index contributed by atoms with van der Waals surface area (Å²) in [5.74, 6) is 0.131. The number of nitrogens with zero attached hydrogens (tertiary/aromatic N) is 3. The third-order valence-electron chi connectivity index (χ3n) is 4.16. The predicted octanol–water partition coefficient (Wildman–Crippen LogP) is 3.97. The average molecular weight is 392 g/mol. The lowest BCUT2D eigenvalue weighted by atomic mass is 10.2. The van der Waals surface area contributed by atoms with Gasteiger partial charge in [-0.15, -0.1) is 16.4 Å². The summed E-state index contributed by atoms with van der Waals surface area (Å²) in [5, 5.41) is 9.37. The minimum absolute atomic E-state index is 0.138. The molecule has 0 aliphatic carbocycles. The normalized spacial score (nSPS) is 11.3. The van der Waals surface area contributed by atoms with Crippen LogP contribution in [0.5, 0.6) is 0 Å². The van der Waals surface area contributed by atoms with Crippen LogP contribution in [0.4, 0.5) is 4.39 Å². The van der Waals surface area contributed by atoms with E-state index in [1.807, 2.05) is 35.7 Å². The van der Waals surface area contributed by atoms with Crippen LogP contribution in [0.25, 0.3) is 22.4 Å². The molecule has 0 spiro atoms. The van der Waals surface area contributed by atoms with Gasteiger partial charge in [0.1, 0.15) is 5.82 Å². The molecule has 0 saturated heterocycles. The Hall–Kier alpha value is -3.32. The molecular formula is C21H17FN4OS. The number of amides is 1. The largest absolute Gasteiger partial charge is 0.352 e. The molecule has 1 N–H and O–H groups in total. The molecule has 0 fully saturated rings. The van der Waals surface area contributed by atoms with Gasteiger partial charge >= 0.3 is 0 Å². The summed E-state index contributed by atoms with van der Waals surface area (Å²) >= 11 is 1.49. The second-order valence-electron chi connectivity index (χ2n) is 6.15. The van der Waals surface area contributed by atoms with E-state index in [0.29, 0.717) is 18.8 Å². The lowest BCUT2D eigenvalue weighted by Crippen LogP contribution is -2.23. The second-order valence-corrected chi connectivity index (χ2v) is 6.99. The van der Waals surface area contributed by atoms with E-state index >= 15 is 0 Å². The van der Waals surface area contributed by atoms with Crippen molar-refractivity contribution in [1.82, 2.24) is 19.9 Å². The first-order valence-corrected chi connectivity index (χ1v) is 9.67. The highest BCUT2D eigenvalue weighted by atomic mass is 32.1. The number of carbonyl (C=O) groups excluding carboxylic acids is 1. The van der Waals surface area contributed by atoms with Crippen LogP contribution in [-0.4, -0.2) is 27.0 Å². The van der Waals surface area contributed by atoms with Crippen LogP contribution in [0.15, 0.2) is 66.1 Å². The maximum atomic E-state index is 13.1. The molecule has 4 rings (SSSR count). The third-order valence-corrected chi connectivity index (χ3v) is 5.02. The number of benzene rings is 2. The molecule has 0 atom stereocenters. The van der Waals surface area contributed by atoms with Crippen molar-refractivity contribution in [3.8, 4) is 11.4 Å². The van der Waals surface area contributed by atoms with Gasteiger partial charge in [0.25, 0.3) is 0 Å². The molecule has 0 aliphatic rings. The first-order chi connectivity index (χ1) is 13.7. The van der Waals surface area contributed by atoms with E-state index in [2.05, 4.69) is 15.4 Å². The average Bonchev–Trinajstić information content (AvgIpc) is 3.29. The van der Waals surface area contributed by atoms with E-state index in [1.54, 1.807) is 22.7 Å². The van der Waals surface area contributed by atoms with Crippen molar-refractivity contribution in [2.24, 2.45) is 0 Å². The fraction of sp³-hybridized carbons (Fsp3) is 0.0952. The summed E-state index contributed by atoms with van der Waals surface area (Å²) in [7, 11) is 0. The summed E-state index contributed by atoms with van der Waals surface area (Å²) in [4.78, 5) is 17.2. The van der Waals surface area contributed by atoms with Gasteiger partial charge in [-0.25, -0.2) is 8.91 Å². The van der Waals surface area contributed by atoms with Crippen LogP contribution in [0.3, 0.4) is 0 Å². The maximum Gasteiger partial charge on any atom is 0.244 e. The molecule has 0 saturated carbocycles. The van der Waals surface area contributed by atoms with Crippen molar-refractivity contribution in [3.63, 3.8) is 0 Å². The zero-order chi connectivity index (χ0) is 19.3. The smallest absolute Gasteiger partial charge is 0.244 e. The van der Waals surface area contributed by atoms with Crippen molar-refractivity contribution in [3.05, 3.63) is 83.1 Å². The van der Waals surface area contributed by atoms with Gasteiger partial charge in [0.15, 0.2) is 5.82 Å². The Labute approximate surface area is 165 Å². The monoisotopic (exact) mass is 392 g/mol. The topological polar surface area (TPSA) is 59.3 Å². The fourth-order valence-corrected chi connectivity index (χ4v) is 3.58.